The molecule has 7 nitrogen and oxygen atoms in total. The third-order valence-electron chi connectivity index (χ3n) is 2.08. The fraction of sp³-hybridized carbons (Fsp3) is 0. The molecule has 1 N–H and O–H groups in total. The Bertz CT molecular complexity index is 550. The minimum Gasteiger partial charge on any atom is -0.301 e. The molecule has 0 bridgehead atoms. The molecule has 1 aromatic carbocycles. The summed E-state index contributed by atoms with van der Waals surface area (Å²) in [5.74, 6) is 0. The van der Waals surface area contributed by atoms with Crippen LogP contribution in [0.4, 0.5) is 16.2 Å². The first kappa shape index (κ1) is 10.8. The van der Waals surface area contributed by atoms with Gasteiger partial charge in [0, 0.05) is 18.5 Å². The first-order valence-electron chi connectivity index (χ1n) is 4.71. The van der Waals surface area contributed by atoms with Crippen LogP contribution in [0.3, 0.4) is 0 Å². The van der Waals surface area contributed by atoms with Crippen molar-refractivity contribution in [1.29, 1.82) is 0 Å². The smallest absolute Gasteiger partial charge is 0.301 e. The second-order valence-electron chi connectivity index (χ2n) is 3.17. The number of nitrogens with one attached hydrogen (secondary N) is 1. The van der Waals surface area contributed by atoms with Gasteiger partial charge in [0.2, 0.25) is 0 Å². The van der Waals surface area contributed by atoms with E-state index in [1.54, 1.807) is 6.07 Å². The predicted octanol–water partition coefficient (Wildman–Crippen LogP) is 1.87. The van der Waals surface area contributed by atoms with Gasteiger partial charge in [-0.1, -0.05) is 12.1 Å². The van der Waals surface area contributed by atoms with E-state index in [4.69, 9.17) is 0 Å². The van der Waals surface area contributed by atoms with Crippen LogP contribution < -0.4 is 5.32 Å². The van der Waals surface area contributed by atoms with Crippen molar-refractivity contribution in [2.24, 2.45) is 0 Å². The third-order valence-corrected chi connectivity index (χ3v) is 2.08. The lowest BCUT2D eigenvalue weighted by molar-refractivity contribution is -0.383. The highest BCUT2D eigenvalue weighted by Gasteiger charge is 2.14. The van der Waals surface area contributed by atoms with Crippen molar-refractivity contribution in [1.82, 2.24) is 9.55 Å². The number of anilines is 1. The lowest BCUT2D eigenvalue weighted by atomic mass is 10.3. The van der Waals surface area contributed by atoms with E-state index in [1.807, 2.05) is 0 Å². The molecular weight excluding hydrogens is 224 g/mol. The van der Waals surface area contributed by atoms with Crippen molar-refractivity contribution >= 4 is 17.4 Å². The molecule has 0 radical (unpaired) electrons. The number of nitrogens with zero attached hydrogens (tertiary/aromatic N) is 3. The highest BCUT2D eigenvalue weighted by atomic mass is 16.6. The Labute approximate surface area is 95.9 Å². The average Bonchev–Trinajstić information content (AvgIpc) is 2.83. The van der Waals surface area contributed by atoms with Crippen molar-refractivity contribution < 1.29 is 9.72 Å². The number of hydrogen-bond acceptors (Lipinski definition) is 4. The summed E-state index contributed by atoms with van der Waals surface area (Å²) in [7, 11) is 0. The maximum Gasteiger partial charge on any atom is 0.331 e. The Morgan fingerprint density at radius 2 is 2.18 bits per heavy atom. The molecule has 1 aromatic heterocycles. The number of hydrogen-bond donors (Lipinski definition) is 1. The van der Waals surface area contributed by atoms with Crippen LogP contribution in [0.1, 0.15) is 0 Å². The SMILES string of the molecule is O=C(Nc1ccccc1[N+](=O)[O-])n1ccnc1. The van der Waals surface area contributed by atoms with Crippen molar-refractivity contribution in [2.45, 2.75) is 0 Å². The number of benzene rings is 1. The van der Waals surface area contributed by atoms with E-state index in [0.717, 1.165) is 0 Å². The summed E-state index contributed by atoms with van der Waals surface area (Å²) in [5.41, 5.74) is -0.00262. The Hall–Kier alpha value is -2.70. The van der Waals surface area contributed by atoms with Gasteiger partial charge in [0.25, 0.3) is 5.69 Å². The maximum atomic E-state index is 11.6. The molecular formula is C10H8N4O3. The zero-order valence-corrected chi connectivity index (χ0v) is 8.61. The Kier molecular flexibility index (Phi) is 2.82. The first-order chi connectivity index (χ1) is 8.18. The quantitative estimate of drug-likeness (QED) is 0.632. The fourth-order valence-electron chi connectivity index (χ4n) is 1.30. The summed E-state index contributed by atoms with van der Waals surface area (Å²) in [6, 6.07) is 5.43. The van der Waals surface area contributed by atoms with Crippen LogP contribution in [0.5, 0.6) is 0 Å². The van der Waals surface area contributed by atoms with Gasteiger partial charge in [-0.25, -0.2) is 9.78 Å². The van der Waals surface area contributed by atoms with E-state index in [-0.39, 0.29) is 11.4 Å². The molecule has 1 heterocycles. The van der Waals surface area contributed by atoms with Gasteiger partial charge in [0.15, 0.2) is 0 Å². The molecule has 0 saturated carbocycles. The first-order valence-corrected chi connectivity index (χ1v) is 4.71. The lowest BCUT2D eigenvalue weighted by Crippen LogP contribution is -2.18. The maximum absolute atomic E-state index is 11.6. The molecule has 0 spiro atoms. The normalized spacial score (nSPS) is 9.88. The van der Waals surface area contributed by atoms with E-state index in [9.17, 15) is 14.9 Å². The number of nitro groups is 1. The molecule has 0 aliphatic heterocycles. The number of para-hydroxylation sites is 2. The average molecular weight is 232 g/mol. The van der Waals surface area contributed by atoms with Gasteiger partial charge < -0.3 is 5.32 Å². The molecule has 0 fully saturated rings. The lowest BCUT2D eigenvalue weighted by Gasteiger charge is -2.05. The molecule has 2 aromatic rings. The molecule has 0 unspecified atom stereocenters. The number of amides is 1. The van der Waals surface area contributed by atoms with Crippen molar-refractivity contribution in [3.63, 3.8) is 0 Å². The number of aromatic nitrogens is 2. The molecule has 0 saturated heterocycles. The number of nitro benzene ring substituents is 1. The zero-order valence-electron chi connectivity index (χ0n) is 8.61. The van der Waals surface area contributed by atoms with Gasteiger partial charge in [-0.2, -0.15) is 0 Å². The van der Waals surface area contributed by atoms with Crippen molar-refractivity contribution in [3.05, 3.63) is 53.1 Å². The molecule has 0 atom stereocenters. The van der Waals surface area contributed by atoms with Crippen LogP contribution >= 0.6 is 0 Å². The fourth-order valence-corrected chi connectivity index (χ4v) is 1.30. The second-order valence-corrected chi connectivity index (χ2v) is 3.17. The van der Waals surface area contributed by atoms with E-state index in [2.05, 4.69) is 10.3 Å². The third kappa shape index (κ3) is 2.28. The largest absolute Gasteiger partial charge is 0.331 e. The van der Waals surface area contributed by atoms with E-state index in [0.29, 0.717) is 0 Å². The molecule has 1 amide bonds. The zero-order chi connectivity index (χ0) is 12.3. The monoisotopic (exact) mass is 232 g/mol. The highest BCUT2D eigenvalue weighted by molar-refractivity contribution is 5.93. The number of imidazole rings is 1. The van der Waals surface area contributed by atoms with Crippen LogP contribution in [0, 0.1) is 10.1 Å². The standard InChI is InChI=1S/C10H8N4O3/c15-10(13-6-5-11-7-13)12-8-3-1-2-4-9(8)14(16)17/h1-7H,(H,12,15). The Balaban J connectivity index is 2.25. The van der Waals surface area contributed by atoms with E-state index >= 15 is 0 Å². The molecule has 0 aliphatic rings. The van der Waals surface area contributed by atoms with Crippen LogP contribution in [0.2, 0.25) is 0 Å². The Morgan fingerprint density at radius 3 is 2.82 bits per heavy atom. The summed E-state index contributed by atoms with van der Waals surface area (Å²) in [4.78, 5) is 25.5. The Morgan fingerprint density at radius 1 is 1.41 bits per heavy atom. The molecule has 86 valence electrons. The summed E-state index contributed by atoms with van der Waals surface area (Å²) < 4.78 is 1.19. The predicted molar refractivity (Wildman–Crippen MR) is 59.7 cm³/mol. The summed E-state index contributed by atoms with van der Waals surface area (Å²) in [6.45, 7) is 0. The van der Waals surface area contributed by atoms with Gasteiger partial charge in [0.05, 0.1) is 4.92 Å². The summed E-state index contributed by atoms with van der Waals surface area (Å²) >= 11 is 0. The number of rotatable bonds is 2. The molecule has 7 heteroatoms. The summed E-state index contributed by atoms with van der Waals surface area (Å²) in [6.07, 6.45) is 4.20. The molecule has 17 heavy (non-hydrogen) atoms. The van der Waals surface area contributed by atoms with Crippen LogP contribution in [-0.2, 0) is 0 Å². The summed E-state index contributed by atoms with van der Waals surface area (Å²) in [5, 5.41) is 13.2. The minimum atomic E-state index is -0.552. The second kappa shape index (κ2) is 4.44. The van der Waals surface area contributed by atoms with Crippen molar-refractivity contribution in [2.75, 3.05) is 5.32 Å². The topological polar surface area (TPSA) is 90.1 Å². The van der Waals surface area contributed by atoms with Crippen LogP contribution in [0.15, 0.2) is 43.0 Å². The molecule has 0 aliphatic carbocycles. The number of carbonyl (C=O) groups is 1. The van der Waals surface area contributed by atoms with Gasteiger partial charge in [-0.15, -0.1) is 0 Å². The molecule has 2 rings (SSSR count). The van der Waals surface area contributed by atoms with Gasteiger partial charge in [0.1, 0.15) is 12.0 Å². The number of carbonyl (C=O) groups excluding carboxylic acids is 1. The van der Waals surface area contributed by atoms with E-state index < -0.39 is 11.0 Å². The minimum absolute atomic E-state index is 0.149. The van der Waals surface area contributed by atoms with E-state index in [1.165, 1.54) is 41.5 Å². The van der Waals surface area contributed by atoms with Gasteiger partial charge >= 0.3 is 6.03 Å². The highest BCUT2D eigenvalue weighted by Crippen LogP contribution is 2.23. The van der Waals surface area contributed by atoms with Crippen LogP contribution in [-0.4, -0.2) is 20.5 Å². The van der Waals surface area contributed by atoms with Crippen molar-refractivity contribution in [3.8, 4) is 0 Å². The van der Waals surface area contributed by atoms with Crippen LogP contribution in [0.25, 0.3) is 0 Å². The van der Waals surface area contributed by atoms with Gasteiger partial charge in [-0.3, -0.25) is 14.7 Å². The van der Waals surface area contributed by atoms with Gasteiger partial charge in [-0.05, 0) is 6.07 Å².